The molecule has 0 aliphatic heterocycles. The van der Waals surface area contributed by atoms with Gasteiger partial charge in [0.15, 0.2) is 11.6 Å². The van der Waals surface area contributed by atoms with Crippen LogP contribution in [-0.4, -0.2) is 14.1 Å². The molecule has 1 N–H and O–H groups in total. The predicted molar refractivity (Wildman–Crippen MR) is 83.9 cm³/mol. The largest absolute Gasteiger partial charge is 0.378 e. The zero-order valence-corrected chi connectivity index (χ0v) is 12.7. The molecule has 0 spiro atoms. The van der Waals surface area contributed by atoms with Gasteiger partial charge in [-0.2, -0.15) is 0 Å². The number of nitrogens with one attached hydrogen (secondary N) is 1. The van der Waals surface area contributed by atoms with Gasteiger partial charge in [-0.15, -0.1) is 0 Å². The molecule has 2 nitrogen and oxygen atoms in total. The van der Waals surface area contributed by atoms with E-state index in [0.717, 1.165) is 23.0 Å². The van der Waals surface area contributed by atoms with Gasteiger partial charge in [0.2, 0.25) is 0 Å². The molecule has 2 aromatic rings. The summed E-state index contributed by atoms with van der Waals surface area (Å²) in [5.74, 6) is -1.64. The van der Waals surface area contributed by atoms with Gasteiger partial charge in [0, 0.05) is 31.5 Å². The van der Waals surface area contributed by atoms with Crippen LogP contribution in [0.5, 0.6) is 0 Å². The lowest BCUT2D eigenvalue weighted by Crippen LogP contribution is -2.11. The molecule has 0 amide bonds. The van der Waals surface area contributed by atoms with Gasteiger partial charge < -0.3 is 10.2 Å². The van der Waals surface area contributed by atoms with Crippen molar-refractivity contribution in [1.82, 2.24) is 0 Å². The Morgan fingerprint density at radius 3 is 2.29 bits per heavy atom. The van der Waals surface area contributed by atoms with Crippen LogP contribution >= 0.6 is 0 Å². The molecule has 1 unspecified atom stereocenters. The Balaban J connectivity index is 2.19. The molecule has 0 radical (unpaired) electrons. The Hall–Kier alpha value is -2.10. The fourth-order valence-corrected chi connectivity index (χ4v) is 2.19. The van der Waals surface area contributed by atoms with E-state index < -0.39 is 11.6 Å². The van der Waals surface area contributed by atoms with E-state index in [4.69, 9.17) is 0 Å². The predicted octanol–water partition coefficient (Wildman–Crippen LogP) is 4.51. The van der Waals surface area contributed by atoms with Gasteiger partial charge in [0.25, 0.3) is 0 Å². The summed E-state index contributed by atoms with van der Waals surface area (Å²) in [6, 6.07) is 9.99. The first-order valence-corrected chi connectivity index (χ1v) is 6.88. The van der Waals surface area contributed by atoms with Crippen LogP contribution in [0.25, 0.3) is 0 Å². The number of hydrogen-bond acceptors (Lipinski definition) is 2. The molecule has 0 aromatic heterocycles. The molecular formula is C17H20F2N2. The first-order valence-electron chi connectivity index (χ1n) is 6.88. The molecule has 0 bridgehead atoms. The molecule has 2 aromatic carbocycles. The van der Waals surface area contributed by atoms with E-state index in [2.05, 4.69) is 11.4 Å². The molecule has 112 valence electrons. The van der Waals surface area contributed by atoms with Gasteiger partial charge in [0.1, 0.15) is 0 Å². The molecule has 0 heterocycles. The fourth-order valence-electron chi connectivity index (χ4n) is 2.19. The van der Waals surface area contributed by atoms with Crippen molar-refractivity contribution >= 4 is 11.4 Å². The third-order valence-corrected chi connectivity index (χ3v) is 3.54. The lowest BCUT2D eigenvalue weighted by atomic mass is 10.1. The lowest BCUT2D eigenvalue weighted by molar-refractivity contribution is 0.506. The second-order valence-corrected chi connectivity index (χ2v) is 5.43. The van der Waals surface area contributed by atoms with E-state index >= 15 is 0 Å². The highest BCUT2D eigenvalue weighted by molar-refractivity contribution is 5.60. The van der Waals surface area contributed by atoms with Crippen molar-refractivity contribution in [3.05, 3.63) is 59.2 Å². The summed E-state index contributed by atoms with van der Waals surface area (Å²) in [7, 11) is 3.98. The van der Waals surface area contributed by atoms with Crippen LogP contribution < -0.4 is 10.2 Å². The van der Waals surface area contributed by atoms with Crippen LogP contribution in [0.3, 0.4) is 0 Å². The summed E-state index contributed by atoms with van der Waals surface area (Å²) in [5.41, 5.74) is 3.93. The first kappa shape index (κ1) is 15.3. The molecule has 0 saturated carbocycles. The minimum Gasteiger partial charge on any atom is -0.378 e. The quantitative estimate of drug-likeness (QED) is 0.891. The summed E-state index contributed by atoms with van der Waals surface area (Å²) in [6.07, 6.45) is 0. The third kappa shape index (κ3) is 3.51. The summed E-state index contributed by atoms with van der Waals surface area (Å²) in [5, 5.41) is 3.33. The second kappa shape index (κ2) is 6.12. The van der Waals surface area contributed by atoms with E-state index in [1.54, 1.807) is 6.07 Å². The van der Waals surface area contributed by atoms with Crippen molar-refractivity contribution in [2.45, 2.75) is 19.9 Å². The Bertz CT molecular complexity index is 639. The normalized spacial score (nSPS) is 12.1. The number of hydrogen-bond donors (Lipinski definition) is 1. The van der Waals surface area contributed by atoms with Crippen LogP contribution in [0.1, 0.15) is 24.1 Å². The topological polar surface area (TPSA) is 15.3 Å². The van der Waals surface area contributed by atoms with Gasteiger partial charge in [0.05, 0.1) is 0 Å². The molecule has 21 heavy (non-hydrogen) atoms. The summed E-state index contributed by atoms with van der Waals surface area (Å²) in [6.45, 7) is 3.94. The van der Waals surface area contributed by atoms with Gasteiger partial charge in [-0.1, -0.05) is 6.07 Å². The van der Waals surface area contributed by atoms with E-state index in [0.29, 0.717) is 5.56 Å². The Labute approximate surface area is 124 Å². The summed E-state index contributed by atoms with van der Waals surface area (Å²) < 4.78 is 26.3. The van der Waals surface area contributed by atoms with Crippen LogP contribution in [0.4, 0.5) is 20.2 Å². The molecule has 0 aliphatic rings. The van der Waals surface area contributed by atoms with Crippen molar-refractivity contribution < 1.29 is 8.78 Å². The van der Waals surface area contributed by atoms with Gasteiger partial charge in [-0.3, -0.25) is 0 Å². The van der Waals surface area contributed by atoms with Crippen LogP contribution in [-0.2, 0) is 0 Å². The first-order chi connectivity index (χ1) is 9.88. The Morgan fingerprint density at radius 1 is 1.00 bits per heavy atom. The Kier molecular flexibility index (Phi) is 4.46. The van der Waals surface area contributed by atoms with Crippen LogP contribution in [0.2, 0.25) is 0 Å². The molecule has 0 aliphatic carbocycles. The lowest BCUT2D eigenvalue weighted by Gasteiger charge is -2.20. The average molecular weight is 290 g/mol. The zero-order valence-electron chi connectivity index (χ0n) is 12.7. The van der Waals surface area contributed by atoms with E-state index in [9.17, 15) is 8.78 Å². The second-order valence-electron chi connectivity index (χ2n) is 5.43. The molecule has 2 rings (SSSR count). The number of halogens is 2. The van der Waals surface area contributed by atoms with Gasteiger partial charge in [-0.05, 0) is 55.3 Å². The molecular weight excluding hydrogens is 270 g/mol. The molecule has 0 saturated heterocycles. The molecule has 4 heteroatoms. The van der Waals surface area contributed by atoms with Crippen molar-refractivity contribution in [3.8, 4) is 0 Å². The van der Waals surface area contributed by atoms with Gasteiger partial charge in [-0.25, -0.2) is 8.78 Å². The van der Waals surface area contributed by atoms with E-state index in [1.165, 1.54) is 6.07 Å². The van der Waals surface area contributed by atoms with E-state index in [-0.39, 0.29) is 6.04 Å². The SMILES string of the molecule is Cc1cc(N(C)C)ccc1NC(C)c1ccc(F)c(F)c1. The number of aryl methyl sites for hydroxylation is 1. The number of rotatable bonds is 4. The summed E-state index contributed by atoms with van der Waals surface area (Å²) in [4.78, 5) is 2.04. The highest BCUT2D eigenvalue weighted by Gasteiger charge is 2.10. The van der Waals surface area contributed by atoms with Gasteiger partial charge >= 0.3 is 0 Å². The average Bonchev–Trinajstić information content (AvgIpc) is 2.43. The maximum Gasteiger partial charge on any atom is 0.159 e. The minimum absolute atomic E-state index is 0.107. The van der Waals surface area contributed by atoms with Crippen molar-refractivity contribution in [2.75, 3.05) is 24.3 Å². The number of nitrogens with zero attached hydrogens (tertiary/aromatic N) is 1. The maximum absolute atomic E-state index is 13.3. The van der Waals surface area contributed by atoms with Crippen molar-refractivity contribution in [2.24, 2.45) is 0 Å². The highest BCUT2D eigenvalue weighted by atomic mass is 19.2. The van der Waals surface area contributed by atoms with Crippen LogP contribution in [0, 0.1) is 18.6 Å². The highest BCUT2D eigenvalue weighted by Crippen LogP contribution is 2.26. The fraction of sp³-hybridized carbons (Fsp3) is 0.294. The Morgan fingerprint density at radius 2 is 1.71 bits per heavy atom. The smallest absolute Gasteiger partial charge is 0.159 e. The maximum atomic E-state index is 13.3. The third-order valence-electron chi connectivity index (χ3n) is 3.54. The van der Waals surface area contributed by atoms with Crippen molar-refractivity contribution in [1.29, 1.82) is 0 Å². The summed E-state index contributed by atoms with van der Waals surface area (Å²) >= 11 is 0. The number of anilines is 2. The standard InChI is InChI=1S/C17H20F2N2/c1-11-9-14(21(3)4)6-8-17(11)20-12(2)13-5-7-15(18)16(19)10-13/h5-10,12,20H,1-4H3. The van der Waals surface area contributed by atoms with Crippen molar-refractivity contribution in [3.63, 3.8) is 0 Å². The zero-order chi connectivity index (χ0) is 15.6. The van der Waals surface area contributed by atoms with E-state index in [1.807, 2.05) is 45.0 Å². The number of benzene rings is 2. The molecule has 1 atom stereocenters. The molecule has 0 fully saturated rings. The monoisotopic (exact) mass is 290 g/mol. The van der Waals surface area contributed by atoms with Crippen LogP contribution in [0.15, 0.2) is 36.4 Å². The minimum atomic E-state index is -0.822.